The molecule has 3 heteroatoms. The molecule has 1 aliphatic heterocycles. The summed E-state index contributed by atoms with van der Waals surface area (Å²) in [5.41, 5.74) is 5.88. The highest BCUT2D eigenvalue weighted by Crippen LogP contribution is 2.43. The van der Waals surface area contributed by atoms with E-state index in [9.17, 15) is 0 Å². The molecule has 0 aliphatic carbocycles. The molecule has 4 aromatic rings. The van der Waals surface area contributed by atoms with Crippen molar-refractivity contribution in [2.45, 2.75) is 38.6 Å². The van der Waals surface area contributed by atoms with Gasteiger partial charge in [-0.3, -0.25) is 4.99 Å². The molecule has 0 radical (unpaired) electrons. The fourth-order valence-corrected chi connectivity index (χ4v) is 4.21. The van der Waals surface area contributed by atoms with E-state index in [1.807, 2.05) is 30.3 Å². The summed E-state index contributed by atoms with van der Waals surface area (Å²) in [5, 5.41) is 1.05. The van der Waals surface area contributed by atoms with Crippen molar-refractivity contribution in [2.75, 3.05) is 0 Å². The monoisotopic (exact) mass is 391 g/mol. The summed E-state index contributed by atoms with van der Waals surface area (Å²) >= 11 is 0. The van der Waals surface area contributed by atoms with E-state index >= 15 is 0 Å². The molecule has 3 aromatic carbocycles. The number of rotatable bonds is 2. The highest BCUT2D eigenvalue weighted by molar-refractivity contribution is 6.14. The SMILES string of the molecule is CC1(C)N=C(c2nc(-c3ccccc3)c3ccccc3n2)c2ccccc2C1(C)C. The number of aromatic nitrogens is 2. The van der Waals surface area contributed by atoms with Gasteiger partial charge in [-0.15, -0.1) is 0 Å². The molecule has 0 atom stereocenters. The summed E-state index contributed by atoms with van der Waals surface area (Å²) in [5.74, 6) is 0.684. The van der Waals surface area contributed by atoms with Crippen LogP contribution in [0.25, 0.3) is 22.2 Å². The molecule has 0 fully saturated rings. The summed E-state index contributed by atoms with van der Waals surface area (Å²) in [6.07, 6.45) is 0. The Bertz CT molecular complexity index is 1280. The van der Waals surface area contributed by atoms with E-state index in [0.29, 0.717) is 5.82 Å². The maximum atomic E-state index is 5.21. The predicted molar refractivity (Wildman–Crippen MR) is 124 cm³/mol. The molecule has 0 spiro atoms. The topological polar surface area (TPSA) is 38.1 Å². The lowest BCUT2D eigenvalue weighted by molar-refractivity contribution is 0.303. The largest absolute Gasteiger partial charge is 0.274 e. The Morgan fingerprint density at radius 1 is 0.667 bits per heavy atom. The maximum Gasteiger partial charge on any atom is 0.179 e. The van der Waals surface area contributed by atoms with Crippen LogP contribution in [0.2, 0.25) is 0 Å². The fraction of sp³-hybridized carbons (Fsp3) is 0.222. The molecule has 148 valence electrons. The molecule has 30 heavy (non-hydrogen) atoms. The van der Waals surface area contributed by atoms with E-state index in [-0.39, 0.29) is 11.0 Å². The highest BCUT2D eigenvalue weighted by Gasteiger charge is 2.44. The Morgan fingerprint density at radius 3 is 2.13 bits per heavy atom. The maximum absolute atomic E-state index is 5.21. The lowest BCUT2D eigenvalue weighted by atomic mass is 9.66. The van der Waals surface area contributed by atoms with E-state index in [4.69, 9.17) is 15.0 Å². The smallest absolute Gasteiger partial charge is 0.179 e. The van der Waals surface area contributed by atoms with Crippen LogP contribution < -0.4 is 0 Å². The van der Waals surface area contributed by atoms with Gasteiger partial charge in [-0.25, -0.2) is 9.97 Å². The third-order valence-electron chi connectivity index (χ3n) is 6.64. The van der Waals surface area contributed by atoms with Crippen molar-refractivity contribution in [3.05, 3.63) is 95.8 Å². The van der Waals surface area contributed by atoms with Gasteiger partial charge in [-0.2, -0.15) is 0 Å². The van der Waals surface area contributed by atoms with Crippen molar-refractivity contribution in [3.63, 3.8) is 0 Å². The molecule has 0 unspecified atom stereocenters. The molecular formula is C27H25N3. The van der Waals surface area contributed by atoms with Crippen molar-refractivity contribution >= 4 is 16.6 Å². The van der Waals surface area contributed by atoms with Crippen LogP contribution in [0.4, 0.5) is 0 Å². The molecule has 0 saturated heterocycles. The van der Waals surface area contributed by atoms with E-state index in [1.54, 1.807) is 0 Å². The van der Waals surface area contributed by atoms with Crippen LogP contribution >= 0.6 is 0 Å². The summed E-state index contributed by atoms with van der Waals surface area (Å²) in [6, 6.07) is 27.1. The molecule has 1 aliphatic rings. The highest BCUT2D eigenvalue weighted by atomic mass is 15.0. The van der Waals surface area contributed by atoms with Crippen LogP contribution in [0, 0.1) is 0 Å². The Balaban J connectivity index is 1.81. The van der Waals surface area contributed by atoms with Crippen LogP contribution in [0.3, 0.4) is 0 Å². The van der Waals surface area contributed by atoms with Crippen molar-refractivity contribution in [3.8, 4) is 11.3 Å². The van der Waals surface area contributed by atoms with Gasteiger partial charge in [-0.1, -0.05) is 86.6 Å². The molecule has 2 heterocycles. The summed E-state index contributed by atoms with van der Waals surface area (Å²) in [7, 11) is 0. The van der Waals surface area contributed by atoms with Gasteiger partial charge < -0.3 is 0 Å². The second-order valence-corrected chi connectivity index (χ2v) is 8.97. The van der Waals surface area contributed by atoms with Gasteiger partial charge >= 0.3 is 0 Å². The normalized spacial score (nSPS) is 16.7. The van der Waals surface area contributed by atoms with E-state index < -0.39 is 0 Å². The molecule has 0 bridgehead atoms. The lowest BCUT2D eigenvalue weighted by Gasteiger charge is -2.44. The Hall–Kier alpha value is -3.33. The standard InChI is InChI=1S/C27H25N3/c1-26(2)21-16-10-8-14-19(21)24(30-27(26,3)4)25-28-22-17-11-9-15-20(22)23(29-25)18-12-6-5-7-13-18/h5-17H,1-4H3. The van der Waals surface area contributed by atoms with Gasteiger partial charge in [0.2, 0.25) is 0 Å². The molecule has 5 rings (SSSR count). The number of para-hydroxylation sites is 1. The average molecular weight is 392 g/mol. The molecular weight excluding hydrogens is 366 g/mol. The Morgan fingerprint density at radius 2 is 1.33 bits per heavy atom. The zero-order valence-corrected chi connectivity index (χ0v) is 17.8. The van der Waals surface area contributed by atoms with Crippen LogP contribution in [-0.4, -0.2) is 21.2 Å². The molecule has 1 aromatic heterocycles. The summed E-state index contributed by atoms with van der Waals surface area (Å²) in [4.78, 5) is 15.2. The van der Waals surface area contributed by atoms with Gasteiger partial charge in [0, 0.05) is 21.9 Å². The summed E-state index contributed by atoms with van der Waals surface area (Å²) in [6.45, 7) is 8.93. The first-order valence-electron chi connectivity index (χ1n) is 10.4. The third kappa shape index (κ3) is 2.77. The second-order valence-electron chi connectivity index (χ2n) is 8.97. The number of hydrogen-bond acceptors (Lipinski definition) is 3. The van der Waals surface area contributed by atoms with Crippen LogP contribution in [0.1, 0.15) is 44.6 Å². The number of fused-ring (bicyclic) bond motifs is 2. The number of aliphatic imine (C=N–C) groups is 1. The van der Waals surface area contributed by atoms with Crippen molar-refractivity contribution in [1.29, 1.82) is 0 Å². The fourth-order valence-electron chi connectivity index (χ4n) is 4.21. The molecule has 0 N–H and O–H groups in total. The number of benzene rings is 3. The minimum Gasteiger partial charge on any atom is -0.274 e. The summed E-state index contributed by atoms with van der Waals surface area (Å²) < 4.78 is 0. The first kappa shape index (κ1) is 18.7. The van der Waals surface area contributed by atoms with Gasteiger partial charge in [-0.05, 0) is 25.5 Å². The van der Waals surface area contributed by atoms with Crippen LogP contribution in [0.15, 0.2) is 83.9 Å². The molecule has 0 amide bonds. The zero-order chi connectivity index (χ0) is 20.9. The zero-order valence-electron chi connectivity index (χ0n) is 17.8. The van der Waals surface area contributed by atoms with Crippen LogP contribution in [-0.2, 0) is 5.41 Å². The Kier molecular flexibility index (Phi) is 4.11. The second kappa shape index (κ2) is 6.60. The first-order valence-corrected chi connectivity index (χ1v) is 10.4. The van der Waals surface area contributed by atoms with Crippen LogP contribution in [0.5, 0.6) is 0 Å². The molecule has 0 saturated carbocycles. The minimum absolute atomic E-state index is 0.0911. The quantitative estimate of drug-likeness (QED) is 0.408. The minimum atomic E-state index is -0.279. The Labute approximate surface area is 177 Å². The molecule has 3 nitrogen and oxygen atoms in total. The van der Waals surface area contributed by atoms with Gasteiger partial charge in [0.1, 0.15) is 5.71 Å². The lowest BCUT2D eigenvalue weighted by Crippen LogP contribution is -2.46. The predicted octanol–water partition coefficient (Wildman–Crippen LogP) is 6.20. The third-order valence-corrected chi connectivity index (χ3v) is 6.64. The number of hydrogen-bond donors (Lipinski definition) is 0. The van der Waals surface area contributed by atoms with Gasteiger partial charge in [0.05, 0.1) is 16.7 Å². The number of nitrogens with zero attached hydrogens (tertiary/aromatic N) is 3. The first-order chi connectivity index (χ1) is 14.4. The van der Waals surface area contributed by atoms with Gasteiger partial charge in [0.25, 0.3) is 0 Å². The van der Waals surface area contributed by atoms with Crippen molar-refractivity contribution in [1.82, 2.24) is 9.97 Å². The van der Waals surface area contributed by atoms with E-state index in [0.717, 1.165) is 33.4 Å². The van der Waals surface area contributed by atoms with Crippen molar-refractivity contribution in [2.24, 2.45) is 4.99 Å². The van der Waals surface area contributed by atoms with E-state index in [2.05, 4.69) is 76.2 Å². The average Bonchev–Trinajstić information content (AvgIpc) is 2.76. The van der Waals surface area contributed by atoms with E-state index in [1.165, 1.54) is 5.56 Å². The van der Waals surface area contributed by atoms with Crippen molar-refractivity contribution < 1.29 is 0 Å². The van der Waals surface area contributed by atoms with Gasteiger partial charge in [0.15, 0.2) is 5.82 Å².